The van der Waals surface area contributed by atoms with Crippen molar-refractivity contribution in [2.24, 2.45) is 0 Å². The van der Waals surface area contributed by atoms with Gasteiger partial charge in [0.25, 0.3) is 5.82 Å². The Balaban J connectivity index is 1.95. The molecule has 0 atom stereocenters. The lowest BCUT2D eigenvalue weighted by Gasteiger charge is -2.08. The number of nitriles is 1. The molecule has 2 heterocycles. The van der Waals surface area contributed by atoms with Crippen LogP contribution in [0.2, 0.25) is 0 Å². The van der Waals surface area contributed by atoms with Crippen LogP contribution < -0.4 is 10.9 Å². The number of anilines is 1. The molecule has 1 N–H and O–H groups in total. The van der Waals surface area contributed by atoms with Crippen LogP contribution in [0.25, 0.3) is 11.0 Å². The van der Waals surface area contributed by atoms with Gasteiger partial charge in [-0.25, -0.2) is 19.3 Å². The Kier molecular flexibility index (Phi) is 4.43. The molecule has 2 aromatic heterocycles. The molecule has 25 heavy (non-hydrogen) atoms. The van der Waals surface area contributed by atoms with Gasteiger partial charge in [-0.05, 0) is 24.6 Å². The minimum Gasteiger partial charge on any atom is -0.450 e. The van der Waals surface area contributed by atoms with Crippen molar-refractivity contribution in [2.75, 3.05) is 11.9 Å². The van der Waals surface area contributed by atoms with Gasteiger partial charge in [-0.2, -0.15) is 5.26 Å². The summed E-state index contributed by atoms with van der Waals surface area (Å²) in [6, 6.07) is 8.13. The van der Waals surface area contributed by atoms with Gasteiger partial charge in [0.1, 0.15) is 18.0 Å². The number of nitrogens with zero attached hydrogens (tertiary/aromatic N) is 4. The second-order valence-corrected chi connectivity index (χ2v) is 5.02. The summed E-state index contributed by atoms with van der Waals surface area (Å²) in [5.74, 6) is 0.0493. The van der Waals surface area contributed by atoms with Crippen LogP contribution >= 0.6 is 0 Å². The molecule has 0 aliphatic carbocycles. The first-order chi connectivity index (χ1) is 12.1. The molecule has 0 unspecified atom stereocenters. The van der Waals surface area contributed by atoms with Crippen LogP contribution in [0.5, 0.6) is 0 Å². The number of aromatic nitrogens is 3. The number of carbonyl (C=O) groups is 1. The van der Waals surface area contributed by atoms with Gasteiger partial charge in [-0.15, -0.1) is 5.10 Å². The van der Waals surface area contributed by atoms with Gasteiger partial charge in [-0.1, -0.05) is 0 Å². The highest BCUT2D eigenvalue weighted by Crippen LogP contribution is 2.22. The Morgan fingerprint density at radius 3 is 3.00 bits per heavy atom. The van der Waals surface area contributed by atoms with E-state index in [0.717, 1.165) is 0 Å². The molecule has 9 nitrogen and oxygen atoms in total. The minimum absolute atomic E-state index is 0.0493. The van der Waals surface area contributed by atoms with Crippen molar-refractivity contribution in [3.63, 3.8) is 0 Å². The maximum atomic E-state index is 11.8. The molecule has 126 valence electrons. The topological polar surface area (TPSA) is 123 Å². The maximum absolute atomic E-state index is 11.8. The van der Waals surface area contributed by atoms with E-state index in [0.29, 0.717) is 22.2 Å². The van der Waals surface area contributed by atoms with Gasteiger partial charge in [0.2, 0.25) is 0 Å². The van der Waals surface area contributed by atoms with Crippen LogP contribution in [0, 0.1) is 11.3 Å². The number of carbonyl (C=O) groups excluding carboxylic acids is 1. The van der Waals surface area contributed by atoms with E-state index in [9.17, 15) is 9.59 Å². The zero-order valence-electron chi connectivity index (χ0n) is 13.2. The predicted octanol–water partition coefficient (Wildman–Crippen LogP) is 1.87. The Morgan fingerprint density at radius 2 is 2.28 bits per heavy atom. The highest BCUT2D eigenvalue weighted by atomic mass is 16.5. The van der Waals surface area contributed by atoms with E-state index in [1.165, 1.54) is 17.1 Å². The number of hydrogen-bond acceptors (Lipinski definition) is 7. The van der Waals surface area contributed by atoms with Crippen LogP contribution in [0.15, 0.2) is 39.8 Å². The number of benzene rings is 1. The third kappa shape index (κ3) is 3.64. The highest BCUT2D eigenvalue weighted by Gasteiger charge is 2.10. The van der Waals surface area contributed by atoms with Gasteiger partial charge >= 0.3 is 11.7 Å². The second kappa shape index (κ2) is 6.84. The molecule has 0 fully saturated rings. The quantitative estimate of drug-likeness (QED) is 0.720. The smallest absolute Gasteiger partial charge is 0.411 e. The van der Waals surface area contributed by atoms with E-state index in [-0.39, 0.29) is 19.0 Å². The molecule has 0 aliphatic rings. The van der Waals surface area contributed by atoms with E-state index in [1.54, 1.807) is 25.1 Å². The number of ether oxygens (including phenoxy) is 1. The normalized spacial score (nSPS) is 10.4. The largest absolute Gasteiger partial charge is 0.450 e. The van der Waals surface area contributed by atoms with E-state index >= 15 is 0 Å². The number of hydrogen-bond donors (Lipinski definition) is 1. The first kappa shape index (κ1) is 16.2. The first-order valence-corrected chi connectivity index (χ1v) is 7.39. The van der Waals surface area contributed by atoms with Gasteiger partial charge in [0.05, 0.1) is 13.2 Å². The fourth-order valence-electron chi connectivity index (χ4n) is 2.32. The average Bonchev–Trinajstić information content (AvgIpc) is 3.02. The summed E-state index contributed by atoms with van der Waals surface area (Å²) in [7, 11) is 0. The maximum Gasteiger partial charge on any atom is 0.411 e. The standard InChI is InChI=1S/C16H13N5O4/c1-2-24-16(23)19-11-3-4-12-10(5-15(22)25-13(12)6-11)8-21-9-18-14(7-17)20-21/h3-6,9H,2,8H2,1H3,(H,19,23). The molecule has 0 spiro atoms. The van der Waals surface area contributed by atoms with Gasteiger partial charge in [-0.3, -0.25) is 5.32 Å². The summed E-state index contributed by atoms with van der Waals surface area (Å²) in [6.45, 7) is 2.20. The molecule has 1 amide bonds. The van der Waals surface area contributed by atoms with Gasteiger partial charge in [0, 0.05) is 23.2 Å². The first-order valence-electron chi connectivity index (χ1n) is 7.39. The van der Waals surface area contributed by atoms with Crippen molar-refractivity contribution >= 4 is 22.7 Å². The van der Waals surface area contributed by atoms with Crippen LogP contribution in [0.4, 0.5) is 10.5 Å². The molecule has 0 aliphatic heterocycles. The monoisotopic (exact) mass is 339 g/mol. The Morgan fingerprint density at radius 1 is 1.44 bits per heavy atom. The summed E-state index contributed by atoms with van der Waals surface area (Å²) in [5.41, 5.74) is 0.885. The summed E-state index contributed by atoms with van der Waals surface area (Å²) in [6.07, 6.45) is 0.822. The SMILES string of the molecule is CCOC(=O)Nc1ccc2c(Cn3cnc(C#N)n3)cc(=O)oc2c1. The van der Waals surface area contributed by atoms with Crippen molar-refractivity contribution in [3.8, 4) is 6.07 Å². The van der Waals surface area contributed by atoms with Crippen molar-refractivity contribution < 1.29 is 13.9 Å². The summed E-state index contributed by atoms with van der Waals surface area (Å²) < 4.78 is 11.5. The lowest BCUT2D eigenvalue weighted by molar-refractivity contribution is 0.168. The van der Waals surface area contributed by atoms with Crippen molar-refractivity contribution in [3.05, 3.63) is 52.4 Å². The van der Waals surface area contributed by atoms with E-state index in [1.807, 2.05) is 6.07 Å². The molecular weight excluding hydrogens is 326 g/mol. The lowest BCUT2D eigenvalue weighted by Crippen LogP contribution is -2.13. The molecule has 3 aromatic rings. The molecule has 1 aromatic carbocycles. The van der Waals surface area contributed by atoms with E-state index in [2.05, 4.69) is 15.4 Å². The zero-order chi connectivity index (χ0) is 17.8. The summed E-state index contributed by atoms with van der Waals surface area (Å²) >= 11 is 0. The van der Waals surface area contributed by atoms with Crippen LogP contribution in [0.1, 0.15) is 18.3 Å². The van der Waals surface area contributed by atoms with Gasteiger partial charge in [0.15, 0.2) is 0 Å². The molecule has 0 radical (unpaired) electrons. The fourth-order valence-corrected chi connectivity index (χ4v) is 2.32. The number of fused-ring (bicyclic) bond motifs is 1. The number of rotatable bonds is 4. The molecular formula is C16H13N5O4. The van der Waals surface area contributed by atoms with Gasteiger partial charge < -0.3 is 9.15 Å². The second-order valence-electron chi connectivity index (χ2n) is 5.02. The predicted molar refractivity (Wildman–Crippen MR) is 87.0 cm³/mol. The van der Waals surface area contributed by atoms with E-state index in [4.69, 9.17) is 14.4 Å². The molecule has 0 saturated carbocycles. The molecule has 0 saturated heterocycles. The van der Waals surface area contributed by atoms with Crippen LogP contribution in [-0.2, 0) is 11.3 Å². The zero-order valence-corrected chi connectivity index (χ0v) is 13.2. The summed E-state index contributed by atoms with van der Waals surface area (Å²) in [5, 5.41) is 16.0. The average molecular weight is 339 g/mol. The summed E-state index contributed by atoms with van der Waals surface area (Å²) in [4.78, 5) is 27.1. The lowest BCUT2D eigenvalue weighted by atomic mass is 10.1. The van der Waals surface area contributed by atoms with Crippen molar-refractivity contribution in [1.29, 1.82) is 5.26 Å². The highest BCUT2D eigenvalue weighted by molar-refractivity contribution is 5.89. The third-order valence-corrected chi connectivity index (χ3v) is 3.32. The van der Waals surface area contributed by atoms with Crippen molar-refractivity contribution in [2.45, 2.75) is 13.5 Å². The fraction of sp³-hybridized carbons (Fsp3) is 0.188. The molecule has 0 bridgehead atoms. The minimum atomic E-state index is -0.591. The molecule has 9 heteroatoms. The Labute approximate surface area is 141 Å². The number of nitrogens with one attached hydrogen (secondary N) is 1. The Bertz CT molecular complexity index is 1030. The van der Waals surface area contributed by atoms with Crippen LogP contribution in [-0.4, -0.2) is 27.5 Å². The van der Waals surface area contributed by atoms with Crippen LogP contribution in [0.3, 0.4) is 0 Å². The van der Waals surface area contributed by atoms with Crippen molar-refractivity contribution in [1.82, 2.24) is 14.8 Å². The van der Waals surface area contributed by atoms with E-state index < -0.39 is 11.7 Å². The third-order valence-electron chi connectivity index (χ3n) is 3.32. The molecule has 3 rings (SSSR count). The Hall–Kier alpha value is -3.67. The number of amides is 1.